The molecule has 4 aromatic carbocycles. The largest absolute Gasteiger partial charge is 0.325 e. The number of likely N-dealkylation sites (tertiary alicyclic amines) is 2. The van der Waals surface area contributed by atoms with Crippen LogP contribution in [0.15, 0.2) is 109 Å². The van der Waals surface area contributed by atoms with Gasteiger partial charge >= 0.3 is 0 Å². The standard InChI is InChI=1S/C46H34N8O4/c47-27-35-25-31-7-1-3-9-37(31)41(49-35)45(57)53-23-5-11-39(53)43(55)51-33-19-15-29(16-20-33)13-14-30-17-21-34(22-18-30)52-44(56)40-12-6-24-54(40)46(58)42-38-10-4-2-8-32(38)26-36(28-48)50-42/h1-4,7-10,15-22,25-26,39-40H,5-6,11-12,23-24H2,(H,51,55)(H,52,56)/t39-,40-/m0/s1. The van der Waals surface area contributed by atoms with Gasteiger partial charge in [0.15, 0.2) is 0 Å². The summed E-state index contributed by atoms with van der Waals surface area (Å²) < 4.78 is 0. The van der Waals surface area contributed by atoms with Gasteiger partial charge in [-0.05, 0) is 97.1 Å². The van der Waals surface area contributed by atoms with Crippen LogP contribution in [-0.4, -0.2) is 68.6 Å². The van der Waals surface area contributed by atoms with Crippen molar-refractivity contribution in [3.63, 3.8) is 0 Å². The van der Waals surface area contributed by atoms with E-state index in [1.54, 1.807) is 72.8 Å². The molecule has 0 unspecified atom stereocenters. The van der Waals surface area contributed by atoms with Gasteiger partial charge in [-0.15, -0.1) is 0 Å². The predicted molar refractivity (Wildman–Crippen MR) is 217 cm³/mol. The van der Waals surface area contributed by atoms with Crippen molar-refractivity contribution in [3.8, 4) is 24.0 Å². The van der Waals surface area contributed by atoms with Crippen LogP contribution in [-0.2, 0) is 9.59 Å². The maximum absolute atomic E-state index is 13.7. The third-order valence-corrected chi connectivity index (χ3v) is 10.4. The smallest absolute Gasteiger partial charge is 0.273 e. The Balaban J connectivity index is 0.879. The van der Waals surface area contributed by atoms with Crippen molar-refractivity contribution in [1.29, 1.82) is 10.5 Å². The van der Waals surface area contributed by atoms with Crippen LogP contribution in [0.4, 0.5) is 11.4 Å². The number of aromatic nitrogens is 2. The first-order valence-corrected chi connectivity index (χ1v) is 18.9. The van der Waals surface area contributed by atoms with Crippen LogP contribution in [0.5, 0.6) is 0 Å². The molecule has 2 aliphatic rings. The highest BCUT2D eigenvalue weighted by molar-refractivity contribution is 6.09. The molecule has 2 atom stereocenters. The number of hydrogen-bond donors (Lipinski definition) is 2. The van der Waals surface area contributed by atoms with Gasteiger partial charge in [-0.25, -0.2) is 9.97 Å². The minimum absolute atomic E-state index is 0.141. The third-order valence-electron chi connectivity index (χ3n) is 10.4. The maximum Gasteiger partial charge on any atom is 0.273 e. The van der Waals surface area contributed by atoms with Crippen LogP contribution in [0.3, 0.4) is 0 Å². The van der Waals surface area contributed by atoms with Gasteiger partial charge in [-0.1, -0.05) is 60.4 Å². The van der Waals surface area contributed by atoms with E-state index in [9.17, 15) is 29.7 Å². The molecule has 0 saturated carbocycles. The Morgan fingerprint density at radius 3 is 1.36 bits per heavy atom. The van der Waals surface area contributed by atoms with E-state index < -0.39 is 12.1 Å². The molecule has 12 nitrogen and oxygen atoms in total. The summed E-state index contributed by atoms with van der Waals surface area (Å²) in [4.78, 5) is 65.9. The zero-order valence-electron chi connectivity index (χ0n) is 31.1. The number of pyridine rings is 2. The summed E-state index contributed by atoms with van der Waals surface area (Å²) in [5, 5.41) is 27.6. The number of benzene rings is 4. The Morgan fingerprint density at radius 1 is 0.569 bits per heavy atom. The lowest BCUT2D eigenvalue weighted by Gasteiger charge is -2.24. The molecule has 2 fully saturated rings. The monoisotopic (exact) mass is 762 g/mol. The van der Waals surface area contributed by atoms with Crippen LogP contribution < -0.4 is 10.6 Å². The molecule has 0 spiro atoms. The number of anilines is 2. The summed E-state index contributed by atoms with van der Waals surface area (Å²) in [6.07, 6.45) is 2.34. The number of fused-ring (bicyclic) bond motifs is 2. The van der Waals surface area contributed by atoms with Crippen LogP contribution >= 0.6 is 0 Å². The van der Waals surface area contributed by atoms with Crippen LogP contribution in [0.1, 0.15) is 69.2 Å². The summed E-state index contributed by atoms with van der Waals surface area (Å²) in [5.74, 6) is 4.86. The van der Waals surface area contributed by atoms with E-state index in [0.717, 1.165) is 21.9 Å². The summed E-state index contributed by atoms with van der Waals surface area (Å²) in [5.41, 5.74) is 3.17. The van der Waals surface area contributed by atoms with Gasteiger partial charge in [-0.3, -0.25) is 19.2 Å². The number of nitrogens with one attached hydrogen (secondary N) is 2. The summed E-state index contributed by atoms with van der Waals surface area (Å²) in [7, 11) is 0. The number of carbonyl (C=O) groups excluding carboxylic acids is 4. The van der Waals surface area contributed by atoms with E-state index >= 15 is 0 Å². The lowest BCUT2D eigenvalue weighted by atomic mass is 10.1. The number of rotatable bonds is 6. The Labute approximate surface area is 333 Å². The van der Waals surface area contributed by atoms with E-state index in [-0.39, 0.29) is 46.4 Å². The van der Waals surface area contributed by atoms with Gasteiger partial charge in [0.1, 0.15) is 47.0 Å². The molecule has 0 bridgehead atoms. The average molecular weight is 763 g/mol. The first-order valence-electron chi connectivity index (χ1n) is 18.9. The molecule has 2 N–H and O–H groups in total. The lowest BCUT2D eigenvalue weighted by Crippen LogP contribution is -2.43. The van der Waals surface area contributed by atoms with E-state index in [2.05, 4.69) is 32.4 Å². The van der Waals surface area contributed by atoms with Crippen molar-refractivity contribution in [1.82, 2.24) is 19.8 Å². The first kappa shape index (κ1) is 37.1. The number of carbonyl (C=O) groups is 4. The number of amides is 4. The van der Waals surface area contributed by atoms with Crippen molar-refractivity contribution >= 4 is 56.5 Å². The van der Waals surface area contributed by atoms with Gasteiger partial charge in [0.05, 0.1) is 0 Å². The Bertz CT molecular complexity index is 2590. The molecule has 8 rings (SSSR count). The SMILES string of the molecule is N#Cc1cc2ccccc2c(C(=O)N2CCC[C@H]2C(=O)Nc2ccc(C#Cc3ccc(NC(=O)[C@@H]4CCCN4C(=O)c4nc(C#N)cc5ccccc45)cc3)cc2)n1. The zero-order valence-corrected chi connectivity index (χ0v) is 31.1. The van der Waals surface area contributed by atoms with Gasteiger partial charge in [0.25, 0.3) is 11.8 Å². The Kier molecular flexibility index (Phi) is 10.3. The molecule has 282 valence electrons. The fourth-order valence-corrected chi connectivity index (χ4v) is 7.54. The summed E-state index contributed by atoms with van der Waals surface area (Å²) in [6, 6.07) is 34.7. The second-order valence-electron chi connectivity index (χ2n) is 14.1. The highest BCUT2D eigenvalue weighted by atomic mass is 16.2. The first-order chi connectivity index (χ1) is 28.3. The van der Waals surface area contributed by atoms with Crippen molar-refractivity contribution < 1.29 is 19.2 Å². The molecule has 58 heavy (non-hydrogen) atoms. The van der Waals surface area contributed by atoms with Gasteiger partial charge < -0.3 is 20.4 Å². The molecule has 0 radical (unpaired) electrons. The Morgan fingerprint density at radius 2 is 0.966 bits per heavy atom. The quantitative estimate of drug-likeness (QED) is 0.183. The minimum Gasteiger partial charge on any atom is -0.325 e. The molecular formula is C46H34N8O4. The average Bonchev–Trinajstić information content (AvgIpc) is 3.97. The number of nitrogens with zero attached hydrogens (tertiary/aromatic N) is 6. The minimum atomic E-state index is -0.684. The molecule has 2 saturated heterocycles. The lowest BCUT2D eigenvalue weighted by molar-refractivity contribution is -0.120. The van der Waals surface area contributed by atoms with Gasteiger partial charge in [0, 0.05) is 46.4 Å². The summed E-state index contributed by atoms with van der Waals surface area (Å²) >= 11 is 0. The van der Waals surface area contributed by atoms with Gasteiger partial charge in [-0.2, -0.15) is 10.5 Å². The fourth-order valence-electron chi connectivity index (χ4n) is 7.54. The molecule has 4 heterocycles. The number of hydrogen-bond acceptors (Lipinski definition) is 8. The van der Waals surface area contributed by atoms with E-state index in [0.29, 0.717) is 60.9 Å². The molecule has 4 amide bonds. The van der Waals surface area contributed by atoms with Crippen molar-refractivity contribution in [2.45, 2.75) is 37.8 Å². The normalized spacial score (nSPS) is 15.9. The highest BCUT2D eigenvalue weighted by Crippen LogP contribution is 2.27. The summed E-state index contributed by atoms with van der Waals surface area (Å²) in [6.45, 7) is 0.809. The predicted octanol–water partition coefficient (Wildman–Crippen LogP) is 6.41. The molecule has 2 aliphatic heterocycles. The van der Waals surface area contributed by atoms with E-state index in [1.807, 2.05) is 48.5 Å². The Hall–Kier alpha value is -7.88. The molecule has 2 aromatic heterocycles. The highest BCUT2D eigenvalue weighted by Gasteiger charge is 2.37. The number of nitriles is 2. The molecular weight excluding hydrogens is 729 g/mol. The van der Waals surface area contributed by atoms with Crippen molar-refractivity contribution in [2.24, 2.45) is 0 Å². The molecule has 0 aliphatic carbocycles. The second kappa shape index (κ2) is 16.1. The van der Waals surface area contributed by atoms with Crippen molar-refractivity contribution in [2.75, 3.05) is 23.7 Å². The zero-order chi connectivity index (χ0) is 40.2. The molecule has 6 aromatic rings. The molecule has 12 heteroatoms. The fraction of sp³-hybridized carbons (Fsp3) is 0.174. The third kappa shape index (κ3) is 7.53. The van der Waals surface area contributed by atoms with E-state index in [1.165, 1.54) is 9.80 Å². The topological polar surface area (TPSA) is 172 Å². The van der Waals surface area contributed by atoms with Crippen LogP contribution in [0.25, 0.3) is 21.5 Å². The van der Waals surface area contributed by atoms with Crippen molar-refractivity contribution in [3.05, 3.63) is 143 Å². The van der Waals surface area contributed by atoms with Crippen LogP contribution in [0.2, 0.25) is 0 Å². The van der Waals surface area contributed by atoms with E-state index in [4.69, 9.17) is 0 Å². The maximum atomic E-state index is 13.7. The van der Waals surface area contributed by atoms with Crippen LogP contribution in [0, 0.1) is 34.5 Å². The van der Waals surface area contributed by atoms with Gasteiger partial charge in [0.2, 0.25) is 11.8 Å². The second-order valence-corrected chi connectivity index (χ2v) is 14.1.